The Bertz CT molecular complexity index is 1380. The molecule has 1 saturated heterocycles. The highest BCUT2D eigenvalue weighted by Gasteiger charge is 2.28. The molecule has 0 spiro atoms. The molecule has 0 saturated carbocycles. The maximum Gasteiger partial charge on any atom is 0.196 e. The number of rotatable bonds is 3. The molecule has 1 aliphatic heterocycles. The van der Waals surface area contributed by atoms with Crippen LogP contribution < -0.4 is 10.6 Å². The normalized spacial score (nSPS) is 16.1. The van der Waals surface area contributed by atoms with Crippen LogP contribution in [0.1, 0.15) is 17.7 Å². The number of nitrogens with two attached hydrogens (primary N) is 1. The predicted octanol–water partition coefficient (Wildman–Crippen LogP) is 3.59. The number of nitriles is 1. The number of aromatic amines is 1. The number of aromatic nitrogens is 3. The Morgan fingerprint density at radius 1 is 1.28 bits per heavy atom. The molecule has 0 amide bonds. The summed E-state index contributed by atoms with van der Waals surface area (Å²) in [5, 5.41) is 27.0. The molecule has 10 heteroatoms. The van der Waals surface area contributed by atoms with Crippen molar-refractivity contribution in [2.45, 2.75) is 19.4 Å². The molecule has 3 aromatic heterocycles. The van der Waals surface area contributed by atoms with Gasteiger partial charge in [-0.25, -0.2) is 13.8 Å². The quantitative estimate of drug-likeness (QED) is 0.448. The number of nitrogens with one attached hydrogen (secondary N) is 1. The van der Waals surface area contributed by atoms with E-state index in [9.17, 15) is 19.1 Å². The van der Waals surface area contributed by atoms with E-state index in [1.165, 1.54) is 0 Å². The minimum Gasteiger partial charge on any atom is -0.508 e. The van der Waals surface area contributed by atoms with E-state index in [1.807, 2.05) is 11.0 Å². The third-order valence-electron chi connectivity index (χ3n) is 5.63. The Morgan fingerprint density at radius 3 is 2.69 bits per heavy atom. The first-order valence-electron chi connectivity index (χ1n) is 9.95. The van der Waals surface area contributed by atoms with Crippen molar-refractivity contribution in [2.24, 2.45) is 5.73 Å². The average molecular weight is 436 g/mol. The molecule has 1 atom stereocenters. The number of phenolic OH excluding ortho intramolecular Hbond substituents is 1. The van der Waals surface area contributed by atoms with Gasteiger partial charge in [0.05, 0.1) is 27.8 Å². The molecular weight excluding hydrogens is 418 g/mol. The van der Waals surface area contributed by atoms with Crippen LogP contribution in [0.5, 0.6) is 5.75 Å². The number of phenols is 1. The molecule has 4 aromatic rings. The molecule has 4 N–H and O–H groups in total. The Labute approximate surface area is 180 Å². The van der Waals surface area contributed by atoms with Crippen molar-refractivity contribution in [1.82, 2.24) is 15.2 Å². The number of nitrogens with zero attached hydrogens (tertiary/aromatic N) is 4. The van der Waals surface area contributed by atoms with Crippen LogP contribution in [0.15, 0.2) is 28.7 Å². The maximum atomic E-state index is 14.7. The van der Waals surface area contributed by atoms with Crippen molar-refractivity contribution < 1.29 is 18.3 Å². The van der Waals surface area contributed by atoms with E-state index in [0.29, 0.717) is 34.8 Å². The first-order valence-corrected chi connectivity index (χ1v) is 9.95. The molecule has 0 bridgehead atoms. The molecule has 5 rings (SSSR count). The number of aryl methyl sites for hydroxylation is 1. The topological polar surface area (TPSA) is 128 Å². The van der Waals surface area contributed by atoms with E-state index in [2.05, 4.69) is 15.2 Å². The van der Waals surface area contributed by atoms with Crippen LogP contribution >= 0.6 is 0 Å². The van der Waals surface area contributed by atoms with E-state index < -0.39 is 22.9 Å². The maximum absolute atomic E-state index is 14.7. The first kappa shape index (κ1) is 20.0. The van der Waals surface area contributed by atoms with Crippen LogP contribution in [0.4, 0.5) is 14.7 Å². The fourth-order valence-electron chi connectivity index (χ4n) is 4.14. The predicted molar refractivity (Wildman–Crippen MR) is 113 cm³/mol. The Kier molecular flexibility index (Phi) is 4.56. The lowest BCUT2D eigenvalue weighted by Crippen LogP contribution is -2.25. The number of halogens is 2. The van der Waals surface area contributed by atoms with Gasteiger partial charge < -0.3 is 20.2 Å². The van der Waals surface area contributed by atoms with Gasteiger partial charge in [-0.1, -0.05) is 0 Å². The molecule has 162 valence electrons. The van der Waals surface area contributed by atoms with Gasteiger partial charge in [0.25, 0.3) is 0 Å². The highest BCUT2D eigenvalue weighted by atomic mass is 19.1. The summed E-state index contributed by atoms with van der Waals surface area (Å²) >= 11 is 0. The molecule has 1 aliphatic rings. The Morgan fingerprint density at radius 2 is 2.03 bits per heavy atom. The Balaban J connectivity index is 1.77. The zero-order valence-electron chi connectivity index (χ0n) is 17.0. The van der Waals surface area contributed by atoms with E-state index in [0.717, 1.165) is 25.1 Å². The number of anilines is 1. The largest absolute Gasteiger partial charge is 0.508 e. The van der Waals surface area contributed by atoms with E-state index in [1.54, 1.807) is 19.1 Å². The zero-order chi connectivity index (χ0) is 22.6. The van der Waals surface area contributed by atoms with Crippen molar-refractivity contribution in [1.29, 1.82) is 5.26 Å². The minimum absolute atomic E-state index is 0.0500. The lowest BCUT2D eigenvalue weighted by Gasteiger charge is -2.14. The summed E-state index contributed by atoms with van der Waals surface area (Å²) in [6.45, 7) is 3.14. The number of benzene rings is 1. The van der Waals surface area contributed by atoms with Crippen LogP contribution in [-0.2, 0) is 0 Å². The molecule has 0 unspecified atom stereocenters. The summed E-state index contributed by atoms with van der Waals surface area (Å²) in [6.07, 6.45) is 0.837. The molecule has 4 heterocycles. The van der Waals surface area contributed by atoms with Gasteiger partial charge in [-0.2, -0.15) is 10.4 Å². The number of furan rings is 1. The SMILES string of the molecule is Cc1[nH]nc2nc(-c3c(F)cc(O)cc3F)c(C#N)c(-c3ccc(N4CC[C@@H](N)C4)o3)c12. The van der Waals surface area contributed by atoms with E-state index in [-0.39, 0.29) is 22.9 Å². The van der Waals surface area contributed by atoms with Crippen LogP contribution in [0.25, 0.3) is 33.6 Å². The second-order valence-corrected chi connectivity index (χ2v) is 7.79. The van der Waals surface area contributed by atoms with Gasteiger partial charge in [0, 0.05) is 43.0 Å². The van der Waals surface area contributed by atoms with Crippen LogP contribution in [-0.4, -0.2) is 39.4 Å². The third-order valence-corrected chi connectivity index (χ3v) is 5.63. The summed E-state index contributed by atoms with van der Waals surface area (Å²) in [4.78, 5) is 6.27. The number of fused-ring (bicyclic) bond motifs is 1. The van der Waals surface area contributed by atoms with Gasteiger partial charge in [-0.15, -0.1) is 0 Å². The fraction of sp³-hybridized carbons (Fsp3) is 0.227. The van der Waals surface area contributed by atoms with E-state index >= 15 is 0 Å². The third kappa shape index (κ3) is 3.06. The van der Waals surface area contributed by atoms with Crippen molar-refractivity contribution in [3.63, 3.8) is 0 Å². The number of pyridine rings is 1. The fourth-order valence-corrected chi connectivity index (χ4v) is 4.14. The summed E-state index contributed by atoms with van der Waals surface area (Å²) in [5.41, 5.74) is 6.31. The molecule has 32 heavy (non-hydrogen) atoms. The second-order valence-electron chi connectivity index (χ2n) is 7.79. The average Bonchev–Trinajstić information content (AvgIpc) is 3.47. The summed E-state index contributed by atoms with van der Waals surface area (Å²) < 4.78 is 35.4. The number of hydrogen-bond donors (Lipinski definition) is 3. The van der Waals surface area contributed by atoms with Gasteiger partial charge in [0.1, 0.15) is 29.2 Å². The minimum atomic E-state index is -1.05. The summed E-state index contributed by atoms with van der Waals surface area (Å²) in [5.74, 6) is -1.73. The van der Waals surface area contributed by atoms with Crippen molar-refractivity contribution in [3.8, 4) is 34.4 Å². The highest BCUT2D eigenvalue weighted by molar-refractivity contribution is 5.99. The van der Waals surface area contributed by atoms with Gasteiger partial charge in [0.2, 0.25) is 0 Å². The summed E-state index contributed by atoms with van der Waals surface area (Å²) in [6, 6.07) is 7.09. The van der Waals surface area contributed by atoms with Crippen molar-refractivity contribution in [3.05, 3.63) is 47.2 Å². The van der Waals surface area contributed by atoms with Crippen LogP contribution in [0, 0.1) is 29.9 Å². The molecule has 1 aromatic carbocycles. The van der Waals surface area contributed by atoms with Gasteiger partial charge in [-0.05, 0) is 19.4 Å². The molecule has 0 radical (unpaired) electrons. The monoisotopic (exact) mass is 436 g/mol. The highest BCUT2D eigenvalue weighted by Crippen LogP contribution is 2.41. The van der Waals surface area contributed by atoms with Crippen LogP contribution in [0.3, 0.4) is 0 Å². The van der Waals surface area contributed by atoms with Crippen LogP contribution in [0.2, 0.25) is 0 Å². The number of H-pyrrole nitrogens is 1. The van der Waals surface area contributed by atoms with E-state index in [4.69, 9.17) is 10.2 Å². The Hall–Kier alpha value is -3.97. The smallest absolute Gasteiger partial charge is 0.196 e. The molecular formula is C22H18F2N6O2. The van der Waals surface area contributed by atoms with Gasteiger partial charge in [0.15, 0.2) is 11.5 Å². The molecule has 8 nitrogen and oxygen atoms in total. The molecule has 0 aliphatic carbocycles. The number of hydrogen-bond acceptors (Lipinski definition) is 7. The molecule has 1 fully saturated rings. The van der Waals surface area contributed by atoms with Gasteiger partial charge in [-0.3, -0.25) is 5.10 Å². The lowest BCUT2D eigenvalue weighted by atomic mass is 9.96. The number of aromatic hydroxyl groups is 1. The standard InChI is InChI=1S/C22H18F2N6O2/c1-10-18-19(16-2-3-17(32-16)30-5-4-11(26)9-30)13(8-25)21(27-22(18)29-28-10)20-14(23)6-12(31)7-15(20)24/h2-3,6-7,11,31H,4-5,9,26H2,1H3,(H,27,28,29)/t11-/m1/s1. The summed E-state index contributed by atoms with van der Waals surface area (Å²) in [7, 11) is 0. The lowest BCUT2D eigenvalue weighted by molar-refractivity contribution is 0.461. The van der Waals surface area contributed by atoms with Crippen molar-refractivity contribution >= 4 is 16.9 Å². The van der Waals surface area contributed by atoms with Crippen molar-refractivity contribution in [2.75, 3.05) is 18.0 Å². The zero-order valence-corrected chi connectivity index (χ0v) is 17.0. The first-order chi connectivity index (χ1) is 15.4. The van der Waals surface area contributed by atoms with Gasteiger partial charge >= 0.3 is 0 Å². The second kappa shape index (κ2) is 7.32.